The Labute approximate surface area is 101 Å². The standard InChI is InChI=1S/C10H9ClF3NO2/c1-17-5-4-7(16)6-2-3-8(10(12,13)14)15-9(6)11/h2-3H,4-5H2,1H3. The summed E-state index contributed by atoms with van der Waals surface area (Å²) in [6, 6.07) is 1.75. The first-order valence-electron chi connectivity index (χ1n) is 4.62. The van der Waals surface area contributed by atoms with Crippen LogP contribution in [0, 0.1) is 0 Å². The van der Waals surface area contributed by atoms with E-state index in [9.17, 15) is 18.0 Å². The quantitative estimate of drug-likeness (QED) is 0.622. The van der Waals surface area contributed by atoms with Gasteiger partial charge in [-0.05, 0) is 12.1 Å². The van der Waals surface area contributed by atoms with Gasteiger partial charge in [0.05, 0.1) is 12.2 Å². The van der Waals surface area contributed by atoms with E-state index in [0.717, 1.165) is 12.1 Å². The third kappa shape index (κ3) is 3.67. The fourth-order valence-corrected chi connectivity index (χ4v) is 1.39. The van der Waals surface area contributed by atoms with Crippen LogP contribution in [-0.4, -0.2) is 24.5 Å². The number of methoxy groups -OCH3 is 1. The highest BCUT2D eigenvalue weighted by atomic mass is 35.5. The van der Waals surface area contributed by atoms with Crippen molar-refractivity contribution in [2.45, 2.75) is 12.6 Å². The molecule has 3 nitrogen and oxygen atoms in total. The van der Waals surface area contributed by atoms with Crippen molar-refractivity contribution < 1.29 is 22.7 Å². The maximum Gasteiger partial charge on any atom is 0.433 e. The lowest BCUT2D eigenvalue weighted by Crippen LogP contribution is -2.11. The predicted octanol–water partition coefficient (Wildman–Crippen LogP) is 2.97. The summed E-state index contributed by atoms with van der Waals surface area (Å²) in [5.41, 5.74) is -1.15. The van der Waals surface area contributed by atoms with E-state index in [-0.39, 0.29) is 18.6 Å². The molecule has 0 spiro atoms. The van der Waals surface area contributed by atoms with Crippen LogP contribution in [0.4, 0.5) is 13.2 Å². The van der Waals surface area contributed by atoms with E-state index in [4.69, 9.17) is 11.6 Å². The zero-order chi connectivity index (χ0) is 13.1. The minimum Gasteiger partial charge on any atom is -0.384 e. The lowest BCUT2D eigenvalue weighted by Gasteiger charge is -2.08. The van der Waals surface area contributed by atoms with Crippen LogP contribution in [0.15, 0.2) is 12.1 Å². The molecule has 94 valence electrons. The molecular weight excluding hydrogens is 259 g/mol. The van der Waals surface area contributed by atoms with Gasteiger partial charge in [0.25, 0.3) is 0 Å². The molecule has 0 radical (unpaired) electrons. The third-order valence-corrected chi connectivity index (χ3v) is 2.26. The summed E-state index contributed by atoms with van der Waals surface area (Å²) in [7, 11) is 1.42. The number of pyridine rings is 1. The summed E-state index contributed by atoms with van der Waals surface area (Å²) in [6.45, 7) is 0.177. The Morgan fingerprint density at radius 3 is 2.59 bits per heavy atom. The van der Waals surface area contributed by atoms with Gasteiger partial charge >= 0.3 is 6.18 Å². The lowest BCUT2D eigenvalue weighted by atomic mass is 10.1. The number of carbonyl (C=O) groups excluding carboxylic acids is 1. The summed E-state index contributed by atoms with van der Waals surface area (Å²) < 4.78 is 41.5. The van der Waals surface area contributed by atoms with Crippen LogP contribution in [-0.2, 0) is 10.9 Å². The van der Waals surface area contributed by atoms with E-state index in [1.807, 2.05) is 0 Å². The Bertz CT molecular complexity index is 421. The van der Waals surface area contributed by atoms with Crippen molar-refractivity contribution in [3.63, 3.8) is 0 Å². The van der Waals surface area contributed by atoms with Crippen molar-refractivity contribution >= 4 is 17.4 Å². The minimum atomic E-state index is -4.57. The van der Waals surface area contributed by atoms with Gasteiger partial charge in [0.2, 0.25) is 0 Å². The molecule has 0 saturated heterocycles. The van der Waals surface area contributed by atoms with Crippen LogP contribution >= 0.6 is 11.6 Å². The van der Waals surface area contributed by atoms with Gasteiger partial charge in [-0.3, -0.25) is 4.79 Å². The monoisotopic (exact) mass is 267 g/mol. The first-order valence-corrected chi connectivity index (χ1v) is 5.00. The smallest absolute Gasteiger partial charge is 0.384 e. The molecule has 0 N–H and O–H groups in total. The highest BCUT2D eigenvalue weighted by Gasteiger charge is 2.33. The summed E-state index contributed by atoms with van der Waals surface area (Å²) in [5.74, 6) is -0.405. The molecule has 0 saturated carbocycles. The van der Waals surface area contributed by atoms with Crippen molar-refractivity contribution in [2.75, 3.05) is 13.7 Å². The van der Waals surface area contributed by atoms with Crippen molar-refractivity contribution in [2.24, 2.45) is 0 Å². The molecule has 0 fully saturated rings. The zero-order valence-electron chi connectivity index (χ0n) is 8.84. The first kappa shape index (κ1) is 13.9. The molecule has 1 heterocycles. The number of nitrogens with zero attached hydrogens (tertiary/aromatic N) is 1. The van der Waals surface area contributed by atoms with E-state index >= 15 is 0 Å². The Kier molecular flexibility index (Phi) is 4.47. The van der Waals surface area contributed by atoms with E-state index < -0.39 is 22.8 Å². The molecule has 1 aromatic heterocycles. The fourth-order valence-electron chi connectivity index (χ4n) is 1.13. The largest absolute Gasteiger partial charge is 0.433 e. The van der Waals surface area contributed by atoms with Crippen LogP contribution in [0.3, 0.4) is 0 Å². The number of hydrogen-bond donors (Lipinski definition) is 0. The second-order valence-electron chi connectivity index (χ2n) is 3.20. The number of halogens is 4. The highest BCUT2D eigenvalue weighted by Crippen LogP contribution is 2.29. The fraction of sp³-hybridized carbons (Fsp3) is 0.400. The van der Waals surface area contributed by atoms with Crippen LogP contribution < -0.4 is 0 Å². The first-order chi connectivity index (χ1) is 7.86. The Hall–Kier alpha value is -1.14. The SMILES string of the molecule is COCCC(=O)c1ccc(C(F)(F)F)nc1Cl. The van der Waals surface area contributed by atoms with Crippen molar-refractivity contribution in [3.05, 3.63) is 28.5 Å². The van der Waals surface area contributed by atoms with E-state index in [0.29, 0.717) is 0 Å². The highest BCUT2D eigenvalue weighted by molar-refractivity contribution is 6.32. The number of alkyl halides is 3. The van der Waals surface area contributed by atoms with Gasteiger partial charge in [-0.25, -0.2) is 4.98 Å². The molecular formula is C10H9ClF3NO2. The predicted molar refractivity (Wildman–Crippen MR) is 55.1 cm³/mol. The van der Waals surface area contributed by atoms with Crippen molar-refractivity contribution in [3.8, 4) is 0 Å². The maximum absolute atomic E-state index is 12.3. The van der Waals surface area contributed by atoms with Gasteiger partial charge in [0, 0.05) is 13.5 Å². The van der Waals surface area contributed by atoms with E-state index in [2.05, 4.69) is 9.72 Å². The topological polar surface area (TPSA) is 39.2 Å². The van der Waals surface area contributed by atoms with Gasteiger partial charge in [-0.15, -0.1) is 0 Å². The summed E-state index contributed by atoms with van der Waals surface area (Å²) in [4.78, 5) is 14.7. The molecule has 0 aliphatic heterocycles. The second kappa shape index (κ2) is 5.46. The molecule has 1 rings (SSSR count). The van der Waals surface area contributed by atoms with Crippen LogP contribution in [0.25, 0.3) is 0 Å². The maximum atomic E-state index is 12.3. The number of rotatable bonds is 4. The number of ketones is 1. The van der Waals surface area contributed by atoms with Gasteiger partial charge < -0.3 is 4.74 Å². The number of hydrogen-bond acceptors (Lipinski definition) is 3. The van der Waals surface area contributed by atoms with Gasteiger partial charge in [0.15, 0.2) is 5.78 Å². The summed E-state index contributed by atoms with van der Waals surface area (Å²) in [6.07, 6.45) is -4.53. The van der Waals surface area contributed by atoms with Gasteiger partial charge in [-0.2, -0.15) is 13.2 Å². The van der Waals surface area contributed by atoms with Gasteiger partial charge in [0.1, 0.15) is 10.8 Å². The third-order valence-electron chi connectivity index (χ3n) is 1.97. The van der Waals surface area contributed by atoms with Crippen molar-refractivity contribution in [1.29, 1.82) is 0 Å². The molecule has 0 amide bonds. The normalized spacial score (nSPS) is 11.6. The zero-order valence-corrected chi connectivity index (χ0v) is 9.60. The minimum absolute atomic E-state index is 0.0308. The Balaban J connectivity index is 2.94. The lowest BCUT2D eigenvalue weighted by molar-refractivity contribution is -0.141. The van der Waals surface area contributed by atoms with Crippen molar-refractivity contribution in [1.82, 2.24) is 4.98 Å². The van der Waals surface area contributed by atoms with E-state index in [1.54, 1.807) is 0 Å². The average molecular weight is 268 g/mol. The number of Topliss-reactive ketones (excluding diaryl/α,β-unsaturated/α-hetero) is 1. The Morgan fingerprint density at radius 2 is 2.12 bits per heavy atom. The molecule has 0 aliphatic carbocycles. The van der Waals surface area contributed by atoms with E-state index in [1.165, 1.54) is 7.11 Å². The second-order valence-corrected chi connectivity index (χ2v) is 3.56. The number of carbonyl (C=O) groups is 1. The average Bonchev–Trinajstić information content (AvgIpc) is 2.24. The molecule has 1 aromatic rings. The van der Waals surface area contributed by atoms with Crippen LogP contribution in [0.2, 0.25) is 5.15 Å². The molecule has 7 heteroatoms. The molecule has 0 aromatic carbocycles. The number of aromatic nitrogens is 1. The molecule has 0 aliphatic rings. The summed E-state index contributed by atoms with van der Waals surface area (Å²) >= 11 is 5.54. The van der Waals surface area contributed by atoms with Crippen LogP contribution in [0.1, 0.15) is 22.5 Å². The summed E-state index contributed by atoms with van der Waals surface area (Å²) in [5, 5.41) is -0.444. The number of ether oxygens (including phenoxy) is 1. The molecule has 0 atom stereocenters. The molecule has 0 bridgehead atoms. The van der Waals surface area contributed by atoms with Gasteiger partial charge in [-0.1, -0.05) is 11.6 Å². The molecule has 17 heavy (non-hydrogen) atoms. The van der Waals surface area contributed by atoms with Crippen LogP contribution in [0.5, 0.6) is 0 Å². The molecule has 0 unspecified atom stereocenters. The Morgan fingerprint density at radius 1 is 1.47 bits per heavy atom.